The molecule has 0 bridgehead atoms. The van der Waals surface area contributed by atoms with Crippen LogP contribution in [0.2, 0.25) is 0 Å². The lowest BCUT2D eigenvalue weighted by molar-refractivity contribution is -0.140. The largest absolute Gasteiger partial charge is 0.354 e. The molecule has 3 aromatic rings. The van der Waals surface area contributed by atoms with Gasteiger partial charge in [-0.15, -0.1) is 0 Å². The monoisotopic (exact) mass is 539 g/mol. The molecule has 38 heavy (non-hydrogen) atoms. The highest BCUT2D eigenvalue weighted by Crippen LogP contribution is 2.25. The molecule has 0 aliphatic heterocycles. The van der Waals surface area contributed by atoms with Crippen molar-refractivity contribution in [3.05, 3.63) is 96.3 Å². The molecule has 0 spiro atoms. The Hall–Kier alpha value is -3.72. The van der Waals surface area contributed by atoms with Crippen LogP contribution in [-0.2, 0) is 26.2 Å². The van der Waals surface area contributed by atoms with Crippen molar-refractivity contribution in [1.82, 2.24) is 10.2 Å². The van der Waals surface area contributed by atoms with E-state index in [2.05, 4.69) is 5.32 Å². The summed E-state index contributed by atoms with van der Waals surface area (Å²) in [5.74, 6) is -1.16. The average Bonchev–Trinajstić information content (AvgIpc) is 2.92. The molecule has 7 nitrogen and oxygen atoms in total. The summed E-state index contributed by atoms with van der Waals surface area (Å²) in [5, 5.41) is 2.90. The van der Waals surface area contributed by atoms with Crippen molar-refractivity contribution < 1.29 is 22.4 Å². The molecule has 1 N–H and O–H groups in total. The van der Waals surface area contributed by atoms with E-state index in [1.807, 2.05) is 51.1 Å². The molecule has 1 atom stereocenters. The highest BCUT2D eigenvalue weighted by molar-refractivity contribution is 7.92. The first-order valence-electron chi connectivity index (χ1n) is 12.6. The fraction of sp³-hybridized carbons (Fsp3) is 0.310. The van der Waals surface area contributed by atoms with E-state index in [4.69, 9.17) is 0 Å². The van der Waals surface area contributed by atoms with Crippen molar-refractivity contribution in [3.63, 3.8) is 0 Å². The third-order valence-electron chi connectivity index (χ3n) is 5.99. The van der Waals surface area contributed by atoms with Gasteiger partial charge in [-0.3, -0.25) is 13.9 Å². The topological polar surface area (TPSA) is 86.8 Å². The standard InChI is InChI=1S/C29H34FN3O4S/c1-4-27(29(35)31-19-22(2)3)32(20-23-11-7-5-8-12-23)28(34)21-33(25-17-15-24(30)16-18-25)38(36,37)26-13-9-6-10-14-26/h5-18,22,27H,4,19-21H2,1-3H3,(H,31,35)/t27-/m0/s1. The number of halogens is 1. The first kappa shape index (κ1) is 28.8. The summed E-state index contributed by atoms with van der Waals surface area (Å²) >= 11 is 0. The minimum absolute atomic E-state index is 0.00606. The number of anilines is 1. The third-order valence-corrected chi connectivity index (χ3v) is 7.78. The minimum Gasteiger partial charge on any atom is -0.354 e. The first-order chi connectivity index (χ1) is 18.1. The van der Waals surface area contributed by atoms with Crippen LogP contribution in [0.3, 0.4) is 0 Å². The Morgan fingerprint density at radius 1 is 0.895 bits per heavy atom. The second-order valence-electron chi connectivity index (χ2n) is 9.37. The second-order valence-corrected chi connectivity index (χ2v) is 11.2. The SMILES string of the molecule is CC[C@@H](C(=O)NCC(C)C)N(Cc1ccccc1)C(=O)CN(c1ccc(F)cc1)S(=O)(=O)c1ccccc1. The Bertz CT molecular complexity index is 1300. The van der Waals surface area contributed by atoms with Gasteiger partial charge < -0.3 is 10.2 Å². The van der Waals surface area contributed by atoms with E-state index >= 15 is 0 Å². The van der Waals surface area contributed by atoms with Gasteiger partial charge in [-0.2, -0.15) is 0 Å². The van der Waals surface area contributed by atoms with Crippen molar-refractivity contribution in [2.45, 2.75) is 44.7 Å². The fourth-order valence-electron chi connectivity index (χ4n) is 3.98. The van der Waals surface area contributed by atoms with Crippen LogP contribution in [0.1, 0.15) is 32.8 Å². The Balaban J connectivity index is 2.01. The van der Waals surface area contributed by atoms with Crippen LogP contribution in [-0.4, -0.2) is 44.3 Å². The number of nitrogens with one attached hydrogen (secondary N) is 1. The third kappa shape index (κ3) is 7.41. The van der Waals surface area contributed by atoms with Crippen LogP contribution in [0.5, 0.6) is 0 Å². The number of amides is 2. The molecule has 3 rings (SSSR count). The van der Waals surface area contributed by atoms with Crippen molar-refractivity contribution in [3.8, 4) is 0 Å². The summed E-state index contributed by atoms with van der Waals surface area (Å²) in [6.45, 7) is 5.77. The summed E-state index contributed by atoms with van der Waals surface area (Å²) in [6.07, 6.45) is 0.338. The zero-order chi connectivity index (χ0) is 27.7. The van der Waals surface area contributed by atoms with E-state index in [0.717, 1.165) is 22.0 Å². The Labute approximate surface area is 224 Å². The van der Waals surface area contributed by atoms with E-state index in [1.165, 1.54) is 29.2 Å². The molecule has 0 aliphatic rings. The number of carbonyl (C=O) groups excluding carboxylic acids is 2. The molecule has 0 saturated carbocycles. The van der Waals surface area contributed by atoms with Crippen molar-refractivity contribution in [2.24, 2.45) is 5.92 Å². The predicted octanol–water partition coefficient (Wildman–Crippen LogP) is 4.60. The molecule has 0 radical (unpaired) electrons. The summed E-state index contributed by atoms with van der Waals surface area (Å²) < 4.78 is 42.0. The van der Waals surface area contributed by atoms with Gasteiger partial charge in [-0.05, 0) is 54.3 Å². The van der Waals surface area contributed by atoms with Gasteiger partial charge in [0.05, 0.1) is 10.6 Å². The van der Waals surface area contributed by atoms with Crippen LogP contribution < -0.4 is 9.62 Å². The van der Waals surface area contributed by atoms with E-state index in [9.17, 15) is 22.4 Å². The van der Waals surface area contributed by atoms with Crippen LogP contribution >= 0.6 is 0 Å². The smallest absolute Gasteiger partial charge is 0.264 e. The maximum absolute atomic E-state index is 13.9. The molecule has 0 unspecified atom stereocenters. The number of sulfonamides is 1. The van der Waals surface area contributed by atoms with Crippen LogP contribution in [0.25, 0.3) is 0 Å². The highest BCUT2D eigenvalue weighted by atomic mass is 32.2. The summed E-state index contributed by atoms with van der Waals surface area (Å²) in [4.78, 5) is 28.4. The first-order valence-corrected chi connectivity index (χ1v) is 14.0. The maximum atomic E-state index is 13.9. The van der Waals surface area contributed by atoms with Gasteiger partial charge in [0.1, 0.15) is 18.4 Å². The second kappa shape index (κ2) is 13.2. The summed E-state index contributed by atoms with van der Waals surface area (Å²) in [6, 6.07) is 21.1. The zero-order valence-corrected chi connectivity index (χ0v) is 22.7. The van der Waals surface area contributed by atoms with Gasteiger partial charge in [0.25, 0.3) is 10.0 Å². The number of benzene rings is 3. The van der Waals surface area contributed by atoms with E-state index in [0.29, 0.717) is 13.0 Å². The van der Waals surface area contributed by atoms with E-state index in [-0.39, 0.29) is 29.0 Å². The van der Waals surface area contributed by atoms with Gasteiger partial charge in [0.2, 0.25) is 11.8 Å². The van der Waals surface area contributed by atoms with Crippen molar-refractivity contribution in [1.29, 1.82) is 0 Å². The van der Waals surface area contributed by atoms with Crippen LogP contribution in [0.15, 0.2) is 89.8 Å². The maximum Gasteiger partial charge on any atom is 0.264 e. The Morgan fingerprint density at radius 2 is 1.47 bits per heavy atom. The van der Waals surface area contributed by atoms with E-state index in [1.54, 1.807) is 18.2 Å². The van der Waals surface area contributed by atoms with Crippen LogP contribution in [0, 0.1) is 11.7 Å². The lowest BCUT2D eigenvalue weighted by Gasteiger charge is -2.33. The predicted molar refractivity (Wildman–Crippen MR) is 146 cm³/mol. The number of hydrogen-bond donors (Lipinski definition) is 1. The molecule has 9 heteroatoms. The number of rotatable bonds is 12. The van der Waals surface area contributed by atoms with Crippen LogP contribution in [0.4, 0.5) is 10.1 Å². The summed E-state index contributed by atoms with van der Waals surface area (Å²) in [7, 11) is -4.18. The fourth-order valence-corrected chi connectivity index (χ4v) is 5.41. The highest BCUT2D eigenvalue weighted by Gasteiger charge is 2.33. The molecule has 2 amide bonds. The van der Waals surface area contributed by atoms with E-state index < -0.39 is 34.3 Å². The number of nitrogens with zero attached hydrogens (tertiary/aromatic N) is 2. The molecule has 0 heterocycles. The van der Waals surface area contributed by atoms with Crippen molar-refractivity contribution >= 4 is 27.5 Å². The summed E-state index contributed by atoms with van der Waals surface area (Å²) in [5.41, 5.74) is 0.941. The Morgan fingerprint density at radius 3 is 2.03 bits per heavy atom. The molecule has 0 aromatic heterocycles. The lowest BCUT2D eigenvalue weighted by atomic mass is 10.1. The molecular formula is C29H34FN3O4S. The van der Waals surface area contributed by atoms with Gasteiger partial charge >= 0.3 is 0 Å². The minimum atomic E-state index is -4.18. The molecule has 0 saturated heterocycles. The van der Waals surface area contributed by atoms with Gasteiger partial charge in [0.15, 0.2) is 0 Å². The quantitative estimate of drug-likeness (QED) is 0.365. The molecular weight excluding hydrogens is 505 g/mol. The van der Waals surface area contributed by atoms with Gasteiger partial charge in [-0.1, -0.05) is 69.3 Å². The molecule has 0 aliphatic carbocycles. The normalized spacial score (nSPS) is 12.1. The van der Waals surface area contributed by atoms with Gasteiger partial charge in [-0.25, -0.2) is 12.8 Å². The number of carbonyl (C=O) groups is 2. The molecule has 202 valence electrons. The van der Waals surface area contributed by atoms with Gasteiger partial charge in [0, 0.05) is 13.1 Å². The number of hydrogen-bond acceptors (Lipinski definition) is 4. The zero-order valence-electron chi connectivity index (χ0n) is 21.9. The molecule has 3 aromatic carbocycles. The average molecular weight is 540 g/mol. The van der Waals surface area contributed by atoms with Crippen molar-refractivity contribution in [2.75, 3.05) is 17.4 Å². The lowest BCUT2D eigenvalue weighted by Crippen LogP contribution is -2.52. The Kier molecular flexibility index (Phi) is 10.0. The molecule has 0 fully saturated rings.